The van der Waals surface area contributed by atoms with E-state index in [4.69, 9.17) is 11.6 Å². The minimum absolute atomic E-state index is 0.0641. The highest BCUT2D eigenvalue weighted by Gasteiger charge is 2.33. The molecule has 1 aliphatic carbocycles. The van der Waals surface area contributed by atoms with Crippen LogP contribution in [-0.2, 0) is 0 Å². The lowest BCUT2D eigenvalue weighted by atomic mass is 9.76. The summed E-state index contributed by atoms with van der Waals surface area (Å²) in [4.78, 5) is 0.0641. The van der Waals surface area contributed by atoms with Crippen LogP contribution < -0.4 is 0 Å². The van der Waals surface area contributed by atoms with Gasteiger partial charge in [-0.2, -0.15) is 0 Å². The zero-order valence-electron chi connectivity index (χ0n) is 9.28. The van der Waals surface area contributed by atoms with Crippen molar-refractivity contribution in [2.75, 3.05) is 0 Å². The van der Waals surface area contributed by atoms with Gasteiger partial charge in [0.2, 0.25) is 0 Å². The first-order valence-electron chi connectivity index (χ1n) is 5.73. The summed E-state index contributed by atoms with van der Waals surface area (Å²) in [6.07, 6.45) is 8.03. The minimum Gasteiger partial charge on any atom is -0.119 e. The molecule has 1 aliphatic rings. The molecule has 0 N–H and O–H groups in total. The molecule has 1 saturated carbocycles. The molecule has 1 rings (SSSR count). The first kappa shape index (κ1) is 11.4. The second-order valence-electron chi connectivity index (χ2n) is 5.08. The minimum atomic E-state index is 0.0641. The molecule has 0 aromatic carbocycles. The lowest BCUT2D eigenvalue weighted by Crippen LogP contribution is -2.33. The van der Waals surface area contributed by atoms with Gasteiger partial charge in [-0.1, -0.05) is 39.5 Å². The Kier molecular flexibility index (Phi) is 4.09. The molecule has 2 unspecified atom stereocenters. The van der Waals surface area contributed by atoms with Gasteiger partial charge < -0.3 is 0 Å². The van der Waals surface area contributed by atoms with E-state index in [1.165, 1.54) is 38.5 Å². The molecule has 2 atom stereocenters. The SMILES string of the molecule is CC(C)C1CCCCCCC1(C)Cl. The smallest absolute Gasteiger partial charge is 0.0449 e. The molecule has 0 saturated heterocycles. The van der Waals surface area contributed by atoms with Gasteiger partial charge in [0, 0.05) is 4.87 Å². The summed E-state index contributed by atoms with van der Waals surface area (Å²) in [7, 11) is 0. The summed E-state index contributed by atoms with van der Waals surface area (Å²) in [5, 5.41) is 0. The van der Waals surface area contributed by atoms with Gasteiger partial charge in [0.05, 0.1) is 0 Å². The van der Waals surface area contributed by atoms with Crippen LogP contribution in [0.5, 0.6) is 0 Å². The van der Waals surface area contributed by atoms with Gasteiger partial charge in [-0.25, -0.2) is 0 Å². The molecule has 78 valence electrons. The Bertz CT molecular complexity index is 149. The van der Waals surface area contributed by atoms with E-state index in [0.29, 0.717) is 0 Å². The molecule has 0 radical (unpaired) electrons. The lowest BCUT2D eigenvalue weighted by molar-refractivity contribution is 0.239. The molecule has 0 bridgehead atoms. The number of hydrogen-bond donors (Lipinski definition) is 0. The molecular formula is C12H23Cl. The van der Waals surface area contributed by atoms with Crippen molar-refractivity contribution in [1.29, 1.82) is 0 Å². The highest BCUT2D eigenvalue weighted by atomic mass is 35.5. The summed E-state index contributed by atoms with van der Waals surface area (Å²) in [6.45, 7) is 6.87. The highest BCUT2D eigenvalue weighted by molar-refractivity contribution is 6.23. The Morgan fingerprint density at radius 2 is 1.77 bits per heavy atom. The molecule has 0 amide bonds. The lowest BCUT2D eigenvalue weighted by Gasteiger charge is -2.36. The average molecular weight is 203 g/mol. The monoisotopic (exact) mass is 202 g/mol. The topological polar surface area (TPSA) is 0 Å². The zero-order valence-corrected chi connectivity index (χ0v) is 10.0. The molecule has 1 fully saturated rings. The first-order valence-corrected chi connectivity index (χ1v) is 6.11. The normalized spacial score (nSPS) is 37.2. The average Bonchev–Trinajstić information content (AvgIpc) is 1.97. The Morgan fingerprint density at radius 3 is 2.38 bits per heavy atom. The van der Waals surface area contributed by atoms with Gasteiger partial charge in [-0.3, -0.25) is 0 Å². The van der Waals surface area contributed by atoms with Gasteiger partial charge in [0.1, 0.15) is 0 Å². The summed E-state index contributed by atoms with van der Waals surface area (Å²) in [5.41, 5.74) is 0. The third kappa shape index (κ3) is 3.16. The molecule has 0 aromatic heterocycles. The molecular weight excluding hydrogens is 180 g/mol. The van der Waals surface area contributed by atoms with Crippen molar-refractivity contribution < 1.29 is 0 Å². The standard InChI is InChI=1S/C12H23Cl/c1-10(2)11-8-6-4-5-7-9-12(11,3)13/h10-11H,4-9H2,1-3H3. The van der Waals surface area contributed by atoms with Crippen molar-refractivity contribution in [3.05, 3.63) is 0 Å². The van der Waals surface area contributed by atoms with Gasteiger partial charge in [0.15, 0.2) is 0 Å². The van der Waals surface area contributed by atoms with E-state index < -0.39 is 0 Å². The predicted molar refractivity (Wildman–Crippen MR) is 60.3 cm³/mol. The predicted octanol–water partition coefficient (Wildman–Crippen LogP) is 4.61. The Morgan fingerprint density at radius 1 is 1.15 bits per heavy atom. The maximum Gasteiger partial charge on any atom is 0.0449 e. The van der Waals surface area contributed by atoms with Crippen molar-refractivity contribution >= 4 is 11.6 Å². The molecule has 0 aromatic rings. The number of rotatable bonds is 1. The van der Waals surface area contributed by atoms with Gasteiger partial charge in [-0.05, 0) is 31.6 Å². The molecule has 13 heavy (non-hydrogen) atoms. The fourth-order valence-corrected chi connectivity index (χ4v) is 3.20. The molecule has 1 heteroatoms. The van der Waals surface area contributed by atoms with Crippen LogP contribution in [0.4, 0.5) is 0 Å². The molecule has 0 aliphatic heterocycles. The van der Waals surface area contributed by atoms with Crippen LogP contribution in [0.1, 0.15) is 59.3 Å². The molecule has 0 heterocycles. The summed E-state index contributed by atoms with van der Waals surface area (Å²) in [6, 6.07) is 0. The van der Waals surface area contributed by atoms with E-state index >= 15 is 0 Å². The van der Waals surface area contributed by atoms with E-state index in [1.54, 1.807) is 0 Å². The van der Waals surface area contributed by atoms with Crippen LogP contribution in [0.25, 0.3) is 0 Å². The fraction of sp³-hybridized carbons (Fsp3) is 1.00. The molecule has 0 spiro atoms. The van der Waals surface area contributed by atoms with Crippen molar-refractivity contribution in [2.45, 2.75) is 64.2 Å². The van der Waals surface area contributed by atoms with Crippen molar-refractivity contribution in [2.24, 2.45) is 11.8 Å². The second-order valence-corrected chi connectivity index (χ2v) is 5.94. The second kappa shape index (κ2) is 4.68. The number of hydrogen-bond acceptors (Lipinski definition) is 0. The van der Waals surface area contributed by atoms with E-state index in [-0.39, 0.29) is 4.87 Å². The van der Waals surface area contributed by atoms with Gasteiger partial charge in [-0.15, -0.1) is 11.6 Å². The molecule has 0 nitrogen and oxygen atoms in total. The summed E-state index contributed by atoms with van der Waals surface area (Å²) < 4.78 is 0. The van der Waals surface area contributed by atoms with Crippen LogP contribution in [-0.4, -0.2) is 4.87 Å². The number of halogens is 1. The van der Waals surface area contributed by atoms with Crippen molar-refractivity contribution in [3.63, 3.8) is 0 Å². The van der Waals surface area contributed by atoms with E-state index in [9.17, 15) is 0 Å². The zero-order chi connectivity index (χ0) is 9.90. The Balaban J connectivity index is 2.62. The van der Waals surface area contributed by atoms with Crippen molar-refractivity contribution in [3.8, 4) is 0 Å². The van der Waals surface area contributed by atoms with Crippen LogP contribution in [0, 0.1) is 11.8 Å². The van der Waals surface area contributed by atoms with Crippen LogP contribution in [0.15, 0.2) is 0 Å². The third-order valence-corrected chi connectivity index (χ3v) is 3.98. The van der Waals surface area contributed by atoms with Crippen LogP contribution >= 0.6 is 11.6 Å². The van der Waals surface area contributed by atoms with Gasteiger partial charge >= 0.3 is 0 Å². The highest BCUT2D eigenvalue weighted by Crippen LogP contribution is 2.40. The van der Waals surface area contributed by atoms with Crippen LogP contribution in [0.3, 0.4) is 0 Å². The number of alkyl halides is 1. The summed E-state index contributed by atoms with van der Waals surface area (Å²) >= 11 is 6.61. The quantitative estimate of drug-likeness (QED) is 0.545. The van der Waals surface area contributed by atoms with Crippen LogP contribution in [0.2, 0.25) is 0 Å². The van der Waals surface area contributed by atoms with Gasteiger partial charge in [0.25, 0.3) is 0 Å². The first-order chi connectivity index (χ1) is 6.04. The van der Waals surface area contributed by atoms with E-state index in [2.05, 4.69) is 20.8 Å². The Labute approximate surface area is 88.1 Å². The van der Waals surface area contributed by atoms with E-state index in [1.807, 2.05) is 0 Å². The Hall–Kier alpha value is 0.290. The maximum absolute atomic E-state index is 6.61. The maximum atomic E-state index is 6.61. The largest absolute Gasteiger partial charge is 0.119 e. The summed E-state index contributed by atoms with van der Waals surface area (Å²) in [5.74, 6) is 1.45. The third-order valence-electron chi connectivity index (χ3n) is 3.51. The van der Waals surface area contributed by atoms with E-state index in [0.717, 1.165) is 11.8 Å². The van der Waals surface area contributed by atoms with Crippen molar-refractivity contribution in [1.82, 2.24) is 0 Å². The fourth-order valence-electron chi connectivity index (χ4n) is 2.70.